The molecule has 2 heterocycles. The van der Waals surface area contributed by atoms with Crippen LogP contribution in [0.1, 0.15) is 25.1 Å². The first kappa shape index (κ1) is 18.1. The molecule has 0 unspecified atom stereocenters. The molecule has 8 heteroatoms. The smallest absolute Gasteiger partial charge is 0.295 e. The molecule has 0 amide bonds. The maximum absolute atomic E-state index is 12.5. The number of benzene rings is 1. The van der Waals surface area contributed by atoms with Crippen molar-refractivity contribution in [3.05, 3.63) is 54.7 Å². The van der Waals surface area contributed by atoms with Gasteiger partial charge in [-0.3, -0.25) is 9.59 Å². The van der Waals surface area contributed by atoms with Gasteiger partial charge >= 0.3 is 0 Å². The van der Waals surface area contributed by atoms with E-state index in [4.69, 9.17) is 9.47 Å². The van der Waals surface area contributed by atoms with E-state index in [1.54, 1.807) is 19.3 Å². The lowest BCUT2D eigenvalue weighted by Gasteiger charge is -2.12. The number of thiazole rings is 1. The lowest BCUT2D eigenvalue weighted by molar-refractivity contribution is 0.257. The molecule has 0 aliphatic rings. The highest BCUT2D eigenvalue weighted by molar-refractivity contribution is 7.15. The molecule has 0 bridgehead atoms. The molecular formula is C18H19N3O4S. The largest absolute Gasteiger partial charge is 0.493 e. The van der Waals surface area contributed by atoms with Crippen LogP contribution in [0, 0.1) is 12.8 Å². The van der Waals surface area contributed by atoms with Crippen LogP contribution in [0.5, 0.6) is 11.5 Å². The zero-order chi connectivity index (χ0) is 18.8. The van der Waals surface area contributed by atoms with E-state index in [1.807, 2.05) is 12.1 Å². The summed E-state index contributed by atoms with van der Waals surface area (Å²) in [6.45, 7) is 6.26. The summed E-state index contributed by atoms with van der Waals surface area (Å²) in [5.74, 6) is 1.65. The van der Waals surface area contributed by atoms with Gasteiger partial charge in [-0.1, -0.05) is 31.3 Å². The first-order valence-electron chi connectivity index (χ1n) is 8.12. The maximum Gasteiger partial charge on any atom is 0.295 e. The van der Waals surface area contributed by atoms with Gasteiger partial charge in [0.2, 0.25) is 4.96 Å². The van der Waals surface area contributed by atoms with Gasteiger partial charge in [0.1, 0.15) is 5.69 Å². The van der Waals surface area contributed by atoms with Crippen LogP contribution in [-0.4, -0.2) is 28.3 Å². The number of methoxy groups -OCH3 is 1. The van der Waals surface area contributed by atoms with Crippen molar-refractivity contribution < 1.29 is 9.47 Å². The van der Waals surface area contributed by atoms with Gasteiger partial charge in [0.25, 0.3) is 11.1 Å². The zero-order valence-corrected chi connectivity index (χ0v) is 15.8. The number of fused-ring (bicyclic) bond motifs is 1. The number of ether oxygens (including phenoxy) is 2. The lowest BCUT2D eigenvalue weighted by Crippen LogP contribution is -2.27. The Labute approximate surface area is 153 Å². The van der Waals surface area contributed by atoms with Crippen LogP contribution in [0.4, 0.5) is 0 Å². The molecule has 7 nitrogen and oxygen atoms in total. The predicted octanol–water partition coefficient (Wildman–Crippen LogP) is 1.41. The van der Waals surface area contributed by atoms with Crippen LogP contribution in [-0.2, 0) is 0 Å². The van der Waals surface area contributed by atoms with Gasteiger partial charge in [-0.15, -0.1) is 0 Å². The minimum Gasteiger partial charge on any atom is -0.493 e. The molecular weight excluding hydrogens is 354 g/mol. The van der Waals surface area contributed by atoms with Crippen LogP contribution >= 0.6 is 11.3 Å². The fourth-order valence-corrected chi connectivity index (χ4v) is 3.19. The SMILES string of the molecule is COc1cc(/C=c2/sc3nc(=O)c(C)nn3c2=O)ccc1OCC(C)C. The van der Waals surface area contributed by atoms with Crippen molar-refractivity contribution in [1.29, 1.82) is 0 Å². The molecule has 0 saturated heterocycles. The Morgan fingerprint density at radius 2 is 2.04 bits per heavy atom. The van der Waals surface area contributed by atoms with Crippen LogP contribution in [0.25, 0.3) is 11.0 Å². The fraction of sp³-hybridized carbons (Fsp3) is 0.333. The van der Waals surface area contributed by atoms with Crippen molar-refractivity contribution in [2.45, 2.75) is 20.8 Å². The molecule has 136 valence electrons. The number of rotatable bonds is 5. The van der Waals surface area contributed by atoms with E-state index in [-0.39, 0.29) is 16.2 Å². The Morgan fingerprint density at radius 1 is 1.27 bits per heavy atom. The molecule has 26 heavy (non-hydrogen) atoms. The van der Waals surface area contributed by atoms with Crippen LogP contribution in [0.2, 0.25) is 0 Å². The first-order valence-corrected chi connectivity index (χ1v) is 8.93. The highest BCUT2D eigenvalue weighted by atomic mass is 32.1. The quantitative estimate of drug-likeness (QED) is 0.673. The van der Waals surface area contributed by atoms with Crippen LogP contribution in [0.15, 0.2) is 27.8 Å². The second-order valence-electron chi connectivity index (χ2n) is 6.23. The number of nitrogens with zero attached hydrogens (tertiary/aromatic N) is 3. The molecule has 0 fully saturated rings. The van der Waals surface area contributed by atoms with Crippen molar-refractivity contribution >= 4 is 22.4 Å². The van der Waals surface area contributed by atoms with E-state index in [9.17, 15) is 9.59 Å². The third-order valence-electron chi connectivity index (χ3n) is 3.60. The Balaban J connectivity index is 2.05. The van der Waals surface area contributed by atoms with Crippen molar-refractivity contribution in [3.63, 3.8) is 0 Å². The molecule has 0 saturated carbocycles. The Bertz CT molecular complexity index is 1120. The van der Waals surface area contributed by atoms with E-state index in [1.165, 1.54) is 6.92 Å². The number of aromatic nitrogens is 3. The topological polar surface area (TPSA) is 82.8 Å². The van der Waals surface area contributed by atoms with Gasteiger partial charge in [0.15, 0.2) is 11.5 Å². The summed E-state index contributed by atoms with van der Waals surface area (Å²) in [5, 5.41) is 4.00. The summed E-state index contributed by atoms with van der Waals surface area (Å²) in [6, 6.07) is 5.46. The van der Waals surface area contributed by atoms with E-state index in [0.29, 0.717) is 28.6 Å². The van der Waals surface area contributed by atoms with Crippen molar-refractivity contribution in [2.75, 3.05) is 13.7 Å². The Hall–Kier alpha value is -2.74. The summed E-state index contributed by atoms with van der Waals surface area (Å²) in [7, 11) is 1.57. The number of hydrogen-bond acceptors (Lipinski definition) is 7. The summed E-state index contributed by atoms with van der Waals surface area (Å²) in [6.07, 6.45) is 1.72. The van der Waals surface area contributed by atoms with Crippen LogP contribution in [0.3, 0.4) is 0 Å². The van der Waals surface area contributed by atoms with E-state index < -0.39 is 5.56 Å². The highest BCUT2D eigenvalue weighted by Gasteiger charge is 2.10. The highest BCUT2D eigenvalue weighted by Crippen LogP contribution is 2.28. The lowest BCUT2D eigenvalue weighted by atomic mass is 10.2. The number of hydrogen-bond donors (Lipinski definition) is 0. The summed E-state index contributed by atoms with van der Waals surface area (Å²) >= 11 is 1.12. The molecule has 2 aromatic heterocycles. The zero-order valence-electron chi connectivity index (χ0n) is 15.0. The molecule has 3 rings (SSSR count). The molecule has 3 aromatic rings. The van der Waals surface area contributed by atoms with E-state index >= 15 is 0 Å². The van der Waals surface area contributed by atoms with Crippen molar-refractivity contribution in [1.82, 2.24) is 14.6 Å². The summed E-state index contributed by atoms with van der Waals surface area (Å²) < 4.78 is 12.7. The summed E-state index contributed by atoms with van der Waals surface area (Å²) in [4.78, 5) is 28.3. The molecule has 0 aliphatic heterocycles. The van der Waals surface area contributed by atoms with E-state index in [0.717, 1.165) is 21.4 Å². The minimum atomic E-state index is -0.425. The molecule has 0 aliphatic carbocycles. The predicted molar refractivity (Wildman–Crippen MR) is 100 cm³/mol. The molecule has 0 radical (unpaired) electrons. The third kappa shape index (κ3) is 3.60. The number of aryl methyl sites for hydroxylation is 1. The fourth-order valence-electron chi connectivity index (χ4n) is 2.29. The maximum atomic E-state index is 12.5. The van der Waals surface area contributed by atoms with Gasteiger partial charge in [-0.25, -0.2) is 0 Å². The second-order valence-corrected chi connectivity index (χ2v) is 7.24. The average Bonchev–Trinajstić information content (AvgIpc) is 2.89. The van der Waals surface area contributed by atoms with Gasteiger partial charge in [0.05, 0.1) is 18.2 Å². The molecule has 1 aromatic carbocycles. The monoisotopic (exact) mass is 373 g/mol. The standard InChI is InChI=1S/C18H19N3O4S/c1-10(2)9-25-13-6-5-12(7-14(13)24-4)8-15-17(23)21-18(26-15)19-16(22)11(3)20-21/h5-8,10H,9H2,1-4H3/b15-8+. The van der Waals surface area contributed by atoms with Gasteiger partial charge < -0.3 is 9.47 Å². The van der Waals surface area contributed by atoms with Crippen molar-refractivity contribution in [2.24, 2.45) is 5.92 Å². The van der Waals surface area contributed by atoms with Gasteiger partial charge in [0, 0.05) is 0 Å². The van der Waals surface area contributed by atoms with E-state index in [2.05, 4.69) is 23.9 Å². The second kappa shape index (κ2) is 7.25. The minimum absolute atomic E-state index is 0.192. The normalized spacial score (nSPS) is 12.1. The Morgan fingerprint density at radius 3 is 2.73 bits per heavy atom. The molecule has 0 atom stereocenters. The molecule has 0 N–H and O–H groups in total. The Kier molecular flexibility index (Phi) is 5.03. The van der Waals surface area contributed by atoms with Crippen LogP contribution < -0.4 is 25.1 Å². The van der Waals surface area contributed by atoms with Gasteiger partial charge in [-0.05, 0) is 36.6 Å². The third-order valence-corrected chi connectivity index (χ3v) is 4.56. The van der Waals surface area contributed by atoms with Crippen molar-refractivity contribution in [3.8, 4) is 11.5 Å². The van der Waals surface area contributed by atoms with Gasteiger partial charge in [-0.2, -0.15) is 14.6 Å². The molecule has 0 spiro atoms. The summed E-state index contributed by atoms with van der Waals surface area (Å²) in [5.41, 5.74) is 0.241. The average molecular weight is 373 g/mol. The first-order chi connectivity index (χ1) is 12.4.